The molecule has 0 aromatic heterocycles. The fraction of sp³-hybridized carbons (Fsp3) is 0.118. The van der Waals surface area contributed by atoms with Crippen LogP contribution in [0.3, 0.4) is 0 Å². The molecule has 0 fully saturated rings. The van der Waals surface area contributed by atoms with Gasteiger partial charge in [0.1, 0.15) is 22.9 Å². The van der Waals surface area contributed by atoms with Gasteiger partial charge in [-0.1, -0.05) is 0 Å². The van der Waals surface area contributed by atoms with Crippen molar-refractivity contribution in [3.05, 3.63) is 59.4 Å². The molecule has 2 aromatic rings. The molecule has 5 N–H and O–H groups in total. The maximum Gasteiger partial charge on any atom is 0.246 e. The Bertz CT molecular complexity index is 881. The molecule has 1 aliphatic rings. The molecule has 0 saturated heterocycles. The molecule has 7 nitrogen and oxygen atoms in total. The van der Waals surface area contributed by atoms with E-state index in [-0.39, 0.29) is 28.4 Å². The highest BCUT2D eigenvalue weighted by atomic mass is 19.1. The van der Waals surface area contributed by atoms with Crippen LogP contribution in [-0.2, 0) is 10.4 Å². The van der Waals surface area contributed by atoms with Crippen LogP contribution in [0.25, 0.3) is 5.76 Å². The lowest BCUT2D eigenvalue weighted by Gasteiger charge is -2.32. The van der Waals surface area contributed by atoms with Gasteiger partial charge >= 0.3 is 0 Å². The second-order valence-corrected chi connectivity index (χ2v) is 5.59. The van der Waals surface area contributed by atoms with Crippen molar-refractivity contribution in [3.8, 4) is 17.2 Å². The summed E-state index contributed by atoms with van der Waals surface area (Å²) in [6.07, 6.45) is 0.669. The van der Waals surface area contributed by atoms with Crippen LogP contribution in [0.1, 0.15) is 17.5 Å². The average molecular weight is 347 g/mol. The van der Waals surface area contributed by atoms with Crippen molar-refractivity contribution in [1.29, 1.82) is 0 Å². The van der Waals surface area contributed by atoms with Crippen molar-refractivity contribution >= 4 is 11.7 Å². The van der Waals surface area contributed by atoms with E-state index in [4.69, 9.17) is 9.94 Å². The van der Waals surface area contributed by atoms with Crippen molar-refractivity contribution in [3.63, 3.8) is 0 Å². The molecule has 1 amide bonds. The maximum atomic E-state index is 13.6. The average Bonchev–Trinajstić information content (AvgIpc) is 2.56. The van der Waals surface area contributed by atoms with E-state index in [0.717, 1.165) is 12.1 Å². The summed E-state index contributed by atoms with van der Waals surface area (Å²) >= 11 is 0. The minimum atomic E-state index is -1.86. The summed E-state index contributed by atoms with van der Waals surface area (Å²) in [4.78, 5) is 11.6. The molecule has 1 atom stereocenters. The van der Waals surface area contributed by atoms with E-state index >= 15 is 0 Å². The van der Waals surface area contributed by atoms with Crippen LogP contribution >= 0.6 is 0 Å². The number of halogens is 1. The Morgan fingerprint density at radius 2 is 1.96 bits per heavy atom. The van der Waals surface area contributed by atoms with Gasteiger partial charge in [0, 0.05) is 17.2 Å². The molecule has 0 aliphatic carbocycles. The molecule has 0 saturated carbocycles. The fourth-order valence-electron chi connectivity index (χ4n) is 2.63. The van der Waals surface area contributed by atoms with Crippen LogP contribution in [0, 0.1) is 5.82 Å². The number of benzene rings is 2. The van der Waals surface area contributed by atoms with Gasteiger partial charge in [0.05, 0.1) is 6.42 Å². The first kappa shape index (κ1) is 16.7. The first-order chi connectivity index (χ1) is 11.8. The second-order valence-electron chi connectivity index (χ2n) is 5.59. The number of nitrogens with one attached hydrogen (secondary N) is 1. The van der Waals surface area contributed by atoms with E-state index in [1.54, 1.807) is 0 Å². The summed E-state index contributed by atoms with van der Waals surface area (Å²) in [6.45, 7) is 0. The monoisotopic (exact) mass is 347 g/mol. The Labute approximate surface area is 141 Å². The zero-order valence-electron chi connectivity index (χ0n) is 12.7. The summed E-state index contributed by atoms with van der Waals surface area (Å²) < 4.78 is 19.2. The van der Waals surface area contributed by atoms with E-state index in [2.05, 4.69) is 0 Å². The molecule has 1 heterocycles. The Kier molecular flexibility index (Phi) is 4.07. The van der Waals surface area contributed by atoms with Crippen molar-refractivity contribution in [2.75, 3.05) is 0 Å². The van der Waals surface area contributed by atoms with Crippen LogP contribution in [0.15, 0.2) is 42.5 Å². The van der Waals surface area contributed by atoms with E-state index in [9.17, 15) is 24.5 Å². The zero-order chi connectivity index (χ0) is 18.2. The van der Waals surface area contributed by atoms with Gasteiger partial charge in [0.2, 0.25) is 5.91 Å². The number of ether oxygens (including phenoxy) is 1. The number of amides is 1. The first-order valence-corrected chi connectivity index (χ1v) is 7.21. The SMILES string of the molecule is O=C(CC1(O)C=C(c2ccc(O)c(F)c2)Oc2cc(O)ccc21)NO. The molecular weight excluding hydrogens is 333 g/mol. The number of phenolic OH excluding ortho intramolecular Hbond substituents is 2. The largest absolute Gasteiger partial charge is 0.508 e. The highest BCUT2D eigenvalue weighted by Gasteiger charge is 2.37. The number of aliphatic hydroxyl groups is 1. The van der Waals surface area contributed by atoms with Crippen LogP contribution in [0.5, 0.6) is 17.2 Å². The quantitative estimate of drug-likeness (QED) is 0.426. The molecule has 0 radical (unpaired) electrons. The molecule has 3 rings (SSSR count). The molecular formula is C17H14FNO6. The van der Waals surface area contributed by atoms with Gasteiger partial charge in [-0.05, 0) is 36.4 Å². The Balaban J connectivity index is 2.12. The lowest BCUT2D eigenvalue weighted by molar-refractivity contribution is -0.133. The Morgan fingerprint density at radius 3 is 2.64 bits per heavy atom. The summed E-state index contributed by atoms with van der Waals surface area (Å²) in [5, 5.41) is 38.6. The zero-order valence-corrected chi connectivity index (χ0v) is 12.7. The van der Waals surface area contributed by atoms with Gasteiger partial charge in [-0.15, -0.1) is 0 Å². The van der Waals surface area contributed by atoms with E-state index in [1.807, 2.05) is 0 Å². The second kappa shape index (κ2) is 6.08. The van der Waals surface area contributed by atoms with E-state index < -0.39 is 29.5 Å². The Morgan fingerprint density at radius 1 is 1.20 bits per heavy atom. The third-order valence-electron chi connectivity index (χ3n) is 3.81. The lowest BCUT2D eigenvalue weighted by atomic mass is 9.86. The lowest BCUT2D eigenvalue weighted by Crippen LogP contribution is -2.34. The highest BCUT2D eigenvalue weighted by Crippen LogP contribution is 2.43. The molecule has 2 aromatic carbocycles. The van der Waals surface area contributed by atoms with Crippen LogP contribution in [-0.4, -0.2) is 26.4 Å². The minimum absolute atomic E-state index is 0.0187. The third kappa shape index (κ3) is 3.12. The number of hydrogen-bond acceptors (Lipinski definition) is 6. The van der Waals surface area contributed by atoms with Gasteiger partial charge in [0.15, 0.2) is 11.6 Å². The molecule has 0 bridgehead atoms. The minimum Gasteiger partial charge on any atom is -0.508 e. The van der Waals surface area contributed by atoms with Crippen molar-refractivity contribution in [1.82, 2.24) is 5.48 Å². The molecule has 1 aliphatic heterocycles. The predicted octanol–water partition coefficient (Wildman–Crippen LogP) is 1.75. The summed E-state index contributed by atoms with van der Waals surface area (Å²) in [6, 6.07) is 7.41. The highest BCUT2D eigenvalue weighted by molar-refractivity contribution is 5.79. The van der Waals surface area contributed by atoms with Crippen molar-refractivity contribution in [2.24, 2.45) is 0 Å². The number of hydroxylamine groups is 1. The molecule has 130 valence electrons. The third-order valence-corrected chi connectivity index (χ3v) is 3.81. The predicted molar refractivity (Wildman–Crippen MR) is 83.2 cm³/mol. The molecule has 25 heavy (non-hydrogen) atoms. The fourth-order valence-corrected chi connectivity index (χ4v) is 2.63. The number of aromatic hydroxyl groups is 2. The van der Waals surface area contributed by atoms with Crippen LogP contribution in [0.2, 0.25) is 0 Å². The van der Waals surface area contributed by atoms with Gasteiger partial charge in [0.25, 0.3) is 0 Å². The number of carbonyl (C=O) groups excluding carboxylic acids is 1. The maximum absolute atomic E-state index is 13.6. The number of fused-ring (bicyclic) bond motifs is 1. The summed E-state index contributed by atoms with van der Waals surface area (Å²) in [5.41, 5.74) is -0.0313. The number of hydrogen-bond donors (Lipinski definition) is 5. The summed E-state index contributed by atoms with van der Waals surface area (Å²) in [7, 11) is 0. The van der Waals surface area contributed by atoms with Gasteiger partial charge in [-0.2, -0.15) is 0 Å². The number of phenols is 2. The normalized spacial score (nSPS) is 18.8. The molecule has 0 spiro atoms. The smallest absolute Gasteiger partial charge is 0.246 e. The number of carbonyl (C=O) groups is 1. The summed E-state index contributed by atoms with van der Waals surface area (Å²) in [5.74, 6) is -2.33. The standard InChI is InChI=1S/C17H14FNO6/c18-12-5-9(1-4-13(12)21)15-7-17(23,8-16(22)19-24)11-3-2-10(20)6-14(11)25-15/h1-7,20-21,23-24H,8H2,(H,19,22). The number of rotatable bonds is 3. The van der Waals surface area contributed by atoms with E-state index in [1.165, 1.54) is 35.8 Å². The van der Waals surface area contributed by atoms with Gasteiger partial charge < -0.3 is 20.1 Å². The van der Waals surface area contributed by atoms with Crippen molar-refractivity contribution < 1.29 is 34.4 Å². The first-order valence-electron chi connectivity index (χ1n) is 7.21. The van der Waals surface area contributed by atoms with Gasteiger partial charge in [-0.25, -0.2) is 9.87 Å². The van der Waals surface area contributed by atoms with E-state index in [0.29, 0.717) is 0 Å². The van der Waals surface area contributed by atoms with Crippen LogP contribution < -0.4 is 10.2 Å². The van der Waals surface area contributed by atoms with Gasteiger partial charge in [-0.3, -0.25) is 10.0 Å². The molecule has 8 heteroatoms. The van der Waals surface area contributed by atoms with Crippen LogP contribution in [0.4, 0.5) is 4.39 Å². The van der Waals surface area contributed by atoms with Crippen molar-refractivity contribution in [2.45, 2.75) is 12.0 Å². The molecule has 1 unspecified atom stereocenters. The topological polar surface area (TPSA) is 119 Å². The Hall–Kier alpha value is -3.10.